The van der Waals surface area contributed by atoms with Gasteiger partial charge in [-0.3, -0.25) is 4.90 Å². The van der Waals surface area contributed by atoms with E-state index in [0.717, 1.165) is 28.8 Å². The van der Waals surface area contributed by atoms with Gasteiger partial charge in [-0.2, -0.15) is 9.61 Å². The molecule has 0 unspecified atom stereocenters. The molecule has 1 saturated heterocycles. The van der Waals surface area contributed by atoms with Crippen LogP contribution in [0.25, 0.3) is 4.96 Å². The number of likely N-dealkylation sites (tertiary alicyclic amines) is 1. The van der Waals surface area contributed by atoms with Crippen molar-refractivity contribution in [3.8, 4) is 0 Å². The van der Waals surface area contributed by atoms with Crippen molar-refractivity contribution in [3.63, 3.8) is 0 Å². The monoisotopic (exact) mass is 381 g/mol. The number of hydrogen-bond donors (Lipinski definition) is 0. The molecule has 0 radical (unpaired) electrons. The Morgan fingerprint density at radius 1 is 0.889 bits per heavy atom. The summed E-state index contributed by atoms with van der Waals surface area (Å²) in [6.45, 7) is 3.20. The van der Waals surface area contributed by atoms with Crippen molar-refractivity contribution >= 4 is 16.3 Å². The van der Waals surface area contributed by atoms with Crippen LogP contribution >= 0.6 is 11.3 Å². The maximum absolute atomic E-state index is 4.85. The predicted molar refractivity (Wildman–Crippen MR) is 108 cm³/mol. The minimum Gasteiger partial charge on any atom is -0.296 e. The first-order chi connectivity index (χ1) is 13.3. The lowest BCUT2D eigenvalue weighted by molar-refractivity contribution is 0.268. The van der Waals surface area contributed by atoms with Gasteiger partial charge in [0.1, 0.15) is 5.01 Å². The summed E-state index contributed by atoms with van der Waals surface area (Å²) in [7, 11) is 0. The molecular formula is C21H27N5S. The summed E-state index contributed by atoms with van der Waals surface area (Å²) in [6, 6.07) is 7.01. The van der Waals surface area contributed by atoms with Crippen molar-refractivity contribution in [1.82, 2.24) is 24.7 Å². The molecule has 0 N–H and O–H groups in total. The molecule has 3 heterocycles. The first kappa shape index (κ1) is 17.3. The van der Waals surface area contributed by atoms with Gasteiger partial charge in [-0.15, -0.1) is 10.2 Å². The minimum atomic E-state index is 0.864. The molecular weight excluding hydrogens is 354 g/mol. The maximum Gasteiger partial charge on any atom is 0.234 e. The van der Waals surface area contributed by atoms with Gasteiger partial charge < -0.3 is 0 Å². The van der Waals surface area contributed by atoms with Crippen LogP contribution in [-0.2, 0) is 25.8 Å². The molecule has 142 valence electrons. The van der Waals surface area contributed by atoms with Crippen molar-refractivity contribution in [1.29, 1.82) is 0 Å². The van der Waals surface area contributed by atoms with E-state index in [4.69, 9.17) is 5.10 Å². The SMILES string of the molecule is c1cc2c(cc1Cc1nn3c(CN4CCCCCC4)nnc3s1)CCCC2. The number of fused-ring (bicyclic) bond motifs is 2. The Bertz CT molecular complexity index is 920. The van der Waals surface area contributed by atoms with Crippen LogP contribution in [0.3, 0.4) is 0 Å². The Morgan fingerprint density at radius 2 is 1.70 bits per heavy atom. The molecule has 1 fully saturated rings. The Labute approximate surface area is 164 Å². The molecule has 0 spiro atoms. The average Bonchev–Trinajstić information content (AvgIpc) is 3.13. The summed E-state index contributed by atoms with van der Waals surface area (Å²) in [4.78, 5) is 3.43. The van der Waals surface area contributed by atoms with Gasteiger partial charge in [-0.25, -0.2) is 0 Å². The quantitative estimate of drug-likeness (QED) is 0.684. The topological polar surface area (TPSA) is 46.3 Å². The highest BCUT2D eigenvalue weighted by Gasteiger charge is 2.17. The van der Waals surface area contributed by atoms with Crippen LogP contribution in [0.1, 0.15) is 66.0 Å². The fraction of sp³-hybridized carbons (Fsp3) is 0.571. The molecule has 1 aliphatic carbocycles. The number of benzene rings is 1. The van der Waals surface area contributed by atoms with E-state index in [0.29, 0.717) is 0 Å². The zero-order valence-electron chi connectivity index (χ0n) is 15.9. The lowest BCUT2D eigenvalue weighted by Crippen LogP contribution is -2.25. The summed E-state index contributed by atoms with van der Waals surface area (Å²) < 4.78 is 1.98. The molecule has 1 aromatic carbocycles. The lowest BCUT2D eigenvalue weighted by Gasteiger charge is -2.17. The van der Waals surface area contributed by atoms with E-state index in [-0.39, 0.29) is 0 Å². The van der Waals surface area contributed by atoms with Gasteiger partial charge in [0.2, 0.25) is 4.96 Å². The number of aryl methyl sites for hydroxylation is 2. The van der Waals surface area contributed by atoms with Crippen LogP contribution < -0.4 is 0 Å². The maximum atomic E-state index is 4.85. The molecule has 0 amide bonds. The summed E-state index contributed by atoms with van der Waals surface area (Å²) in [6.07, 6.45) is 11.3. The molecule has 1 aliphatic heterocycles. The van der Waals surface area contributed by atoms with E-state index in [9.17, 15) is 0 Å². The number of aromatic nitrogens is 4. The Hall–Kier alpha value is -1.79. The van der Waals surface area contributed by atoms with E-state index < -0.39 is 0 Å². The zero-order valence-corrected chi connectivity index (χ0v) is 16.7. The van der Waals surface area contributed by atoms with Crippen molar-refractivity contribution in [3.05, 3.63) is 45.7 Å². The van der Waals surface area contributed by atoms with Crippen LogP contribution in [0.15, 0.2) is 18.2 Å². The molecule has 0 saturated carbocycles. The van der Waals surface area contributed by atoms with Gasteiger partial charge in [-0.1, -0.05) is 42.4 Å². The van der Waals surface area contributed by atoms with Crippen LogP contribution in [0.5, 0.6) is 0 Å². The zero-order chi connectivity index (χ0) is 18.1. The van der Waals surface area contributed by atoms with Crippen molar-refractivity contribution in [2.75, 3.05) is 13.1 Å². The van der Waals surface area contributed by atoms with Crippen molar-refractivity contribution < 1.29 is 0 Å². The summed E-state index contributed by atoms with van der Waals surface area (Å²) >= 11 is 1.68. The third-order valence-electron chi connectivity index (χ3n) is 5.93. The van der Waals surface area contributed by atoms with Crippen molar-refractivity contribution in [2.24, 2.45) is 0 Å². The second kappa shape index (κ2) is 7.68. The Kier molecular flexibility index (Phi) is 4.93. The highest BCUT2D eigenvalue weighted by Crippen LogP contribution is 2.25. The standard InChI is InChI=1S/C21H27N5S/c1-2-6-12-25(11-5-1)15-19-22-23-21-26(19)24-20(27-21)14-16-9-10-17-7-3-4-8-18(17)13-16/h9-10,13H,1-8,11-12,14-15H2. The first-order valence-electron chi connectivity index (χ1n) is 10.4. The second-order valence-electron chi connectivity index (χ2n) is 7.98. The molecule has 5 rings (SSSR count). The third kappa shape index (κ3) is 3.78. The van der Waals surface area contributed by atoms with Gasteiger partial charge in [0.15, 0.2) is 5.82 Å². The molecule has 5 nitrogen and oxygen atoms in total. The molecule has 3 aromatic rings. The molecule has 0 bridgehead atoms. The second-order valence-corrected chi connectivity index (χ2v) is 9.02. The smallest absolute Gasteiger partial charge is 0.234 e. The summed E-state index contributed by atoms with van der Waals surface area (Å²) in [5.74, 6) is 0.986. The van der Waals surface area contributed by atoms with E-state index in [2.05, 4.69) is 33.3 Å². The van der Waals surface area contributed by atoms with Crippen molar-refractivity contribution in [2.45, 2.75) is 64.3 Å². The Morgan fingerprint density at radius 3 is 2.56 bits per heavy atom. The van der Waals surface area contributed by atoms with E-state index in [1.807, 2.05) is 4.52 Å². The van der Waals surface area contributed by atoms with E-state index in [1.165, 1.54) is 70.0 Å². The average molecular weight is 382 g/mol. The van der Waals surface area contributed by atoms with Crippen LogP contribution in [-0.4, -0.2) is 37.8 Å². The van der Waals surface area contributed by atoms with Crippen LogP contribution in [0.2, 0.25) is 0 Å². The fourth-order valence-corrected chi connectivity index (χ4v) is 5.32. The molecule has 0 atom stereocenters. The number of rotatable bonds is 4. The number of nitrogens with zero attached hydrogens (tertiary/aromatic N) is 5. The van der Waals surface area contributed by atoms with Gasteiger partial charge in [0.05, 0.1) is 6.54 Å². The van der Waals surface area contributed by atoms with E-state index in [1.54, 1.807) is 22.5 Å². The van der Waals surface area contributed by atoms with Gasteiger partial charge >= 0.3 is 0 Å². The van der Waals surface area contributed by atoms with Crippen LogP contribution in [0.4, 0.5) is 0 Å². The summed E-state index contributed by atoms with van der Waals surface area (Å²) in [5, 5.41) is 14.8. The largest absolute Gasteiger partial charge is 0.296 e. The third-order valence-corrected chi connectivity index (χ3v) is 6.83. The predicted octanol–water partition coefficient (Wildman–Crippen LogP) is 4.03. The van der Waals surface area contributed by atoms with Crippen LogP contribution in [0, 0.1) is 0 Å². The van der Waals surface area contributed by atoms with Gasteiger partial charge in [0, 0.05) is 6.42 Å². The fourth-order valence-electron chi connectivity index (χ4n) is 4.43. The molecule has 6 heteroatoms. The highest BCUT2D eigenvalue weighted by molar-refractivity contribution is 7.16. The van der Waals surface area contributed by atoms with E-state index >= 15 is 0 Å². The Balaban J connectivity index is 1.33. The van der Waals surface area contributed by atoms with Gasteiger partial charge in [0.25, 0.3) is 0 Å². The molecule has 2 aliphatic rings. The molecule has 27 heavy (non-hydrogen) atoms. The number of hydrogen-bond acceptors (Lipinski definition) is 5. The highest BCUT2D eigenvalue weighted by atomic mass is 32.1. The minimum absolute atomic E-state index is 0.864. The summed E-state index contributed by atoms with van der Waals surface area (Å²) in [5.41, 5.74) is 4.46. The normalized spacial score (nSPS) is 18.5. The lowest BCUT2D eigenvalue weighted by atomic mass is 9.90. The first-order valence-corrected chi connectivity index (χ1v) is 11.2. The molecule has 2 aromatic heterocycles. The van der Waals surface area contributed by atoms with Gasteiger partial charge in [-0.05, 0) is 68.3 Å².